The summed E-state index contributed by atoms with van der Waals surface area (Å²) in [6.07, 6.45) is 8.20. The number of alkyl carbamates (subject to hydrolysis) is 1. The van der Waals surface area contributed by atoms with Crippen molar-refractivity contribution in [3.05, 3.63) is 36.4 Å². The van der Waals surface area contributed by atoms with Crippen LogP contribution in [0.4, 0.5) is 10.6 Å². The van der Waals surface area contributed by atoms with Gasteiger partial charge in [-0.2, -0.15) is 0 Å². The number of fused-ring (bicyclic) bond motifs is 3. The number of pyridine rings is 1. The lowest BCUT2D eigenvalue weighted by Gasteiger charge is -2.35. The van der Waals surface area contributed by atoms with Crippen LogP contribution in [-0.2, 0) is 40.4 Å². The molecule has 3 saturated carbocycles. The SMILES string of the molecule is C=C[C@@H]1C[C@]1(NC(=O)[C@@H]1C[C@@H]2CN1C(=O)[C@H](C1CCCCC1)NC(=O)OCC(C)(C)CCCc1cc3c(cc(N(C)C(=O)CCC)nc3cc1OC)O2)C(=O)NS(=O)(=O)C1CC1. The Balaban J connectivity index is 1.29. The van der Waals surface area contributed by atoms with Crippen LogP contribution in [0.25, 0.3) is 10.9 Å². The van der Waals surface area contributed by atoms with E-state index in [-0.39, 0.29) is 37.8 Å². The quantitative estimate of drug-likeness (QED) is 0.255. The number of nitrogens with one attached hydrogen (secondary N) is 3. The van der Waals surface area contributed by atoms with Crippen LogP contribution in [-0.4, -0.2) is 104 Å². The topological polar surface area (TPSA) is 203 Å². The van der Waals surface area contributed by atoms with E-state index in [0.717, 1.165) is 31.2 Å². The van der Waals surface area contributed by atoms with E-state index in [4.69, 9.17) is 19.2 Å². The Morgan fingerprint density at radius 1 is 1.10 bits per heavy atom. The molecule has 5 amide bonds. The van der Waals surface area contributed by atoms with E-state index in [0.29, 0.717) is 79.6 Å². The van der Waals surface area contributed by atoms with Crippen LogP contribution in [0.3, 0.4) is 0 Å². The molecule has 0 unspecified atom stereocenters. The van der Waals surface area contributed by atoms with Crippen LogP contribution < -0.4 is 29.7 Å². The predicted octanol–water partition coefficient (Wildman–Crippen LogP) is 5.06. The second-order valence-electron chi connectivity index (χ2n) is 18.6. The number of sulfonamides is 1. The van der Waals surface area contributed by atoms with E-state index in [1.807, 2.05) is 32.9 Å². The molecular formula is C45H62N6O10S. The molecular weight excluding hydrogens is 817 g/mol. The van der Waals surface area contributed by atoms with Gasteiger partial charge >= 0.3 is 6.09 Å². The maximum Gasteiger partial charge on any atom is 0.407 e. The highest BCUT2D eigenvalue weighted by Crippen LogP contribution is 2.46. The van der Waals surface area contributed by atoms with Gasteiger partial charge in [0, 0.05) is 43.3 Å². The summed E-state index contributed by atoms with van der Waals surface area (Å²) in [6, 6.07) is 3.31. The van der Waals surface area contributed by atoms with Crippen molar-refractivity contribution in [3.8, 4) is 11.5 Å². The Kier molecular flexibility index (Phi) is 13.1. The number of cyclic esters (lactones) is 1. The van der Waals surface area contributed by atoms with Gasteiger partial charge < -0.3 is 29.7 Å². The van der Waals surface area contributed by atoms with E-state index in [1.165, 1.54) is 15.9 Å². The largest absolute Gasteiger partial charge is 0.496 e. The van der Waals surface area contributed by atoms with Crippen molar-refractivity contribution in [3.63, 3.8) is 0 Å². The molecule has 1 saturated heterocycles. The summed E-state index contributed by atoms with van der Waals surface area (Å²) in [5.41, 5.74) is -0.569. The number of hydrogen-bond acceptors (Lipinski definition) is 11. The average Bonchev–Trinajstić information content (AvgIpc) is 4.18. The van der Waals surface area contributed by atoms with Gasteiger partial charge in [0.25, 0.3) is 5.91 Å². The highest BCUT2D eigenvalue weighted by atomic mass is 32.2. The third-order valence-corrected chi connectivity index (χ3v) is 15.1. The molecule has 3 N–H and O–H groups in total. The molecule has 1 aromatic heterocycles. The maximum atomic E-state index is 15.0. The Morgan fingerprint density at radius 3 is 2.50 bits per heavy atom. The molecule has 4 fully saturated rings. The second-order valence-corrected chi connectivity index (χ2v) is 20.6. The van der Waals surface area contributed by atoms with Gasteiger partial charge in [0.15, 0.2) is 0 Å². The van der Waals surface area contributed by atoms with E-state index < -0.39 is 74.1 Å². The molecule has 7 rings (SSSR count). The fraction of sp³-hybridized carbons (Fsp3) is 0.644. The highest BCUT2D eigenvalue weighted by Gasteiger charge is 2.62. The zero-order valence-electron chi connectivity index (χ0n) is 36.6. The van der Waals surface area contributed by atoms with Crippen molar-refractivity contribution >= 4 is 56.5 Å². The Labute approximate surface area is 364 Å². The predicted molar refractivity (Wildman–Crippen MR) is 232 cm³/mol. The normalized spacial score (nSPS) is 26.9. The molecule has 16 nitrogen and oxygen atoms in total. The smallest absolute Gasteiger partial charge is 0.407 e. The molecule has 1 aromatic carbocycles. The molecule has 17 heteroatoms. The molecule has 338 valence electrons. The van der Waals surface area contributed by atoms with Gasteiger partial charge in [-0.25, -0.2) is 18.2 Å². The molecule has 0 radical (unpaired) electrons. The van der Waals surface area contributed by atoms with E-state index >= 15 is 4.79 Å². The number of benzene rings is 1. The number of anilines is 1. The van der Waals surface area contributed by atoms with Gasteiger partial charge in [-0.1, -0.05) is 46.1 Å². The van der Waals surface area contributed by atoms with Gasteiger partial charge in [-0.15, -0.1) is 6.58 Å². The van der Waals surface area contributed by atoms with Crippen molar-refractivity contribution in [1.82, 2.24) is 25.2 Å². The summed E-state index contributed by atoms with van der Waals surface area (Å²) in [5.74, 6) is -1.53. The number of aromatic nitrogens is 1. The van der Waals surface area contributed by atoms with Crippen molar-refractivity contribution in [1.29, 1.82) is 0 Å². The van der Waals surface area contributed by atoms with E-state index in [2.05, 4.69) is 21.9 Å². The number of methoxy groups -OCH3 is 1. The summed E-state index contributed by atoms with van der Waals surface area (Å²) in [7, 11) is -0.689. The Morgan fingerprint density at radius 2 is 1.84 bits per heavy atom. The summed E-state index contributed by atoms with van der Waals surface area (Å²) in [4.78, 5) is 78.0. The first-order valence-electron chi connectivity index (χ1n) is 22.2. The van der Waals surface area contributed by atoms with Gasteiger partial charge in [-0.3, -0.25) is 28.8 Å². The second kappa shape index (κ2) is 18.0. The van der Waals surface area contributed by atoms with Crippen LogP contribution in [0.2, 0.25) is 0 Å². The van der Waals surface area contributed by atoms with Gasteiger partial charge in [-0.05, 0) is 80.8 Å². The molecule has 2 aromatic rings. The van der Waals surface area contributed by atoms with E-state index in [9.17, 15) is 27.6 Å². The minimum Gasteiger partial charge on any atom is -0.496 e. The van der Waals surface area contributed by atoms with Crippen molar-refractivity contribution in [2.24, 2.45) is 17.3 Å². The number of carbonyl (C=O) groups excluding carboxylic acids is 5. The molecule has 0 spiro atoms. The monoisotopic (exact) mass is 878 g/mol. The molecule has 5 aliphatic rings. The molecule has 3 heterocycles. The zero-order chi connectivity index (χ0) is 44.6. The molecule has 3 aliphatic carbocycles. The molecule has 2 aliphatic heterocycles. The van der Waals surface area contributed by atoms with Gasteiger partial charge in [0.2, 0.25) is 27.7 Å². The standard InChI is InChI=1S/C45H62N6O10S/c1-7-13-38(52)50(5)37-23-36-32-20-28(35(59-6)22-33(32)46-37)16-12-19-44(3,4)26-60-43(56)47-39(27-14-10-9-11-15-27)41(54)51-25-30(61-36)21-34(51)40(53)48-45(24-29(45)8-2)42(55)49-62(57,58)31-17-18-31/h8,20,22-23,27,29-31,34,39H,2,7,9-19,21,24-26H2,1,3-6H3,(H,47,56)(H,48,53)(H,49,55)/t29-,30-,34+,39+,45-/m1/s1. The van der Waals surface area contributed by atoms with Crippen molar-refractivity contribution in [2.75, 3.05) is 32.2 Å². The van der Waals surface area contributed by atoms with E-state index in [1.54, 1.807) is 20.2 Å². The lowest BCUT2D eigenvalue weighted by molar-refractivity contribution is -0.142. The minimum absolute atomic E-state index is 0.00279. The third-order valence-electron chi connectivity index (χ3n) is 13.3. The van der Waals surface area contributed by atoms with Crippen LogP contribution in [0.5, 0.6) is 11.5 Å². The molecule has 4 bridgehead atoms. The number of amides is 5. The number of carbonyl (C=O) groups is 5. The van der Waals surface area contributed by atoms with Crippen LogP contribution in [0.15, 0.2) is 30.9 Å². The average molecular weight is 879 g/mol. The van der Waals surface area contributed by atoms with Gasteiger partial charge in [0.05, 0.1) is 31.0 Å². The first-order valence-corrected chi connectivity index (χ1v) is 23.7. The fourth-order valence-corrected chi connectivity index (χ4v) is 10.6. The number of rotatable bonds is 11. The van der Waals surface area contributed by atoms with Gasteiger partial charge in [0.1, 0.15) is 41.0 Å². The number of ether oxygens (including phenoxy) is 3. The summed E-state index contributed by atoms with van der Waals surface area (Å²) in [6.45, 7) is 9.83. The lowest BCUT2D eigenvalue weighted by atomic mass is 9.83. The molecule has 62 heavy (non-hydrogen) atoms. The number of aryl methyl sites for hydroxylation is 1. The minimum atomic E-state index is -3.93. The first kappa shape index (κ1) is 45.1. The number of nitrogens with zero attached hydrogens (tertiary/aromatic N) is 3. The van der Waals surface area contributed by atoms with Crippen LogP contribution >= 0.6 is 0 Å². The Bertz CT molecular complexity index is 2200. The molecule has 5 atom stereocenters. The zero-order valence-corrected chi connectivity index (χ0v) is 37.4. The van der Waals surface area contributed by atoms with Crippen molar-refractivity contribution in [2.45, 2.75) is 140 Å². The van der Waals surface area contributed by atoms with Crippen LogP contribution in [0.1, 0.15) is 110 Å². The Hall–Kier alpha value is -4.93. The summed E-state index contributed by atoms with van der Waals surface area (Å²) >= 11 is 0. The summed E-state index contributed by atoms with van der Waals surface area (Å²) < 4.78 is 46.4. The number of hydrogen-bond donors (Lipinski definition) is 3. The highest BCUT2D eigenvalue weighted by molar-refractivity contribution is 7.91. The van der Waals surface area contributed by atoms with Crippen LogP contribution in [0, 0.1) is 17.3 Å². The summed E-state index contributed by atoms with van der Waals surface area (Å²) in [5, 5.41) is 5.75. The maximum absolute atomic E-state index is 15.0. The lowest BCUT2D eigenvalue weighted by Crippen LogP contribution is -2.59. The van der Waals surface area contributed by atoms with Crippen molar-refractivity contribution < 1.29 is 46.6 Å². The fourth-order valence-electron chi connectivity index (χ4n) is 9.28. The first-order chi connectivity index (χ1) is 29.5. The third kappa shape index (κ3) is 9.66.